The van der Waals surface area contributed by atoms with E-state index in [0.29, 0.717) is 22.4 Å². The molecule has 136 valence electrons. The van der Waals surface area contributed by atoms with Gasteiger partial charge in [-0.05, 0) is 37.3 Å². The Morgan fingerprint density at radius 3 is 2.54 bits per heavy atom. The van der Waals surface area contributed by atoms with Crippen molar-refractivity contribution in [2.45, 2.75) is 6.92 Å². The number of aromatic nitrogens is 6. The lowest BCUT2D eigenvalue weighted by molar-refractivity contribution is 0.738. The SMILES string of the molecule is Cc1ccc(-n2nc(-n3nnc4ccccc43)c3cc[nH]c(=O)c3c2=O)cc1. The zero-order valence-electron chi connectivity index (χ0n) is 14.8. The first kappa shape index (κ1) is 16.1. The molecular weight excluding hydrogens is 356 g/mol. The van der Waals surface area contributed by atoms with Crippen molar-refractivity contribution in [3.8, 4) is 11.5 Å². The van der Waals surface area contributed by atoms with E-state index in [2.05, 4.69) is 20.4 Å². The number of H-pyrrole nitrogens is 1. The summed E-state index contributed by atoms with van der Waals surface area (Å²) in [5, 5.41) is 13.3. The van der Waals surface area contributed by atoms with E-state index in [1.165, 1.54) is 10.9 Å². The second-order valence-corrected chi connectivity index (χ2v) is 6.46. The third-order valence-electron chi connectivity index (χ3n) is 4.63. The van der Waals surface area contributed by atoms with E-state index in [0.717, 1.165) is 11.1 Å². The topological polar surface area (TPSA) is 98.5 Å². The van der Waals surface area contributed by atoms with E-state index in [1.54, 1.807) is 22.9 Å². The number of hydrogen-bond acceptors (Lipinski definition) is 5. The molecule has 0 saturated carbocycles. The largest absolute Gasteiger partial charge is 0.328 e. The predicted molar refractivity (Wildman–Crippen MR) is 105 cm³/mol. The van der Waals surface area contributed by atoms with E-state index in [-0.39, 0.29) is 5.39 Å². The lowest BCUT2D eigenvalue weighted by Crippen LogP contribution is -2.28. The number of benzene rings is 2. The molecule has 0 saturated heterocycles. The number of rotatable bonds is 2. The van der Waals surface area contributed by atoms with Gasteiger partial charge in [0.1, 0.15) is 10.9 Å². The first-order chi connectivity index (χ1) is 13.6. The molecule has 8 heteroatoms. The number of nitrogens with one attached hydrogen (secondary N) is 1. The second-order valence-electron chi connectivity index (χ2n) is 6.46. The minimum atomic E-state index is -0.492. The number of hydrogen-bond donors (Lipinski definition) is 1. The van der Waals surface area contributed by atoms with Gasteiger partial charge in [-0.2, -0.15) is 9.36 Å². The first-order valence-corrected chi connectivity index (χ1v) is 8.66. The van der Waals surface area contributed by atoms with Gasteiger partial charge in [-0.15, -0.1) is 10.2 Å². The molecule has 0 amide bonds. The molecule has 1 N–H and O–H groups in total. The summed E-state index contributed by atoms with van der Waals surface area (Å²) >= 11 is 0. The van der Waals surface area contributed by atoms with E-state index < -0.39 is 11.1 Å². The molecular formula is C20H14N6O2. The van der Waals surface area contributed by atoms with Crippen LogP contribution in [0.4, 0.5) is 0 Å². The third-order valence-corrected chi connectivity index (χ3v) is 4.63. The van der Waals surface area contributed by atoms with Gasteiger partial charge in [0.15, 0.2) is 5.82 Å². The number of pyridine rings is 1. The Bertz CT molecular complexity index is 1460. The van der Waals surface area contributed by atoms with E-state index in [9.17, 15) is 9.59 Å². The van der Waals surface area contributed by atoms with Crippen LogP contribution in [0.5, 0.6) is 0 Å². The molecule has 0 radical (unpaired) electrons. The smallest absolute Gasteiger partial charge is 0.285 e. The summed E-state index contributed by atoms with van der Waals surface area (Å²) in [5.41, 5.74) is 2.07. The zero-order valence-corrected chi connectivity index (χ0v) is 14.8. The Morgan fingerprint density at radius 2 is 1.71 bits per heavy atom. The van der Waals surface area contributed by atoms with Gasteiger partial charge in [0, 0.05) is 11.6 Å². The Balaban J connectivity index is 1.93. The van der Waals surface area contributed by atoms with Crippen LogP contribution in [0.2, 0.25) is 0 Å². The van der Waals surface area contributed by atoms with Crippen LogP contribution in [-0.2, 0) is 0 Å². The number of para-hydroxylation sites is 1. The minimum absolute atomic E-state index is 0.0210. The van der Waals surface area contributed by atoms with Crippen molar-refractivity contribution in [3.63, 3.8) is 0 Å². The molecule has 0 unspecified atom stereocenters. The fraction of sp³-hybridized carbons (Fsp3) is 0.0500. The number of aryl methyl sites for hydroxylation is 1. The maximum absolute atomic E-state index is 13.1. The molecule has 8 nitrogen and oxygen atoms in total. The zero-order chi connectivity index (χ0) is 19.3. The van der Waals surface area contributed by atoms with Gasteiger partial charge in [-0.25, -0.2) is 0 Å². The van der Waals surface area contributed by atoms with Crippen molar-refractivity contribution < 1.29 is 0 Å². The normalized spacial score (nSPS) is 11.3. The molecule has 3 heterocycles. The number of fused-ring (bicyclic) bond motifs is 2. The van der Waals surface area contributed by atoms with Crippen molar-refractivity contribution in [2.24, 2.45) is 0 Å². The monoisotopic (exact) mass is 370 g/mol. The first-order valence-electron chi connectivity index (χ1n) is 8.66. The predicted octanol–water partition coefficient (Wildman–Crippen LogP) is 2.12. The van der Waals surface area contributed by atoms with E-state index in [1.807, 2.05) is 43.3 Å². The van der Waals surface area contributed by atoms with E-state index >= 15 is 0 Å². The van der Waals surface area contributed by atoms with Crippen LogP contribution in [0.15, 0.2) is 70.4 Å². The fourth-order valence-electron chi connectivity index (χ4n) is 3.22. The van der Waals surface area contributed by atoms with Crippen LogP contribution in [0, 0.1) is 6.92 Å². The number of aromatic amines is 1. The molecule has 0 aliphatic heterocycles. The van der Waals surface area contributed by atoms with Crippen molar-refractivity contribution in [1.82, 2.24) is 29.8 Å². The van der Waals surface area contributed by atoms with Crippen LogP contribution in [0.25, 0.3) is 33.3 Å². The molecule has 0 spiro atoms. The maximum Gasteiger partial charge on any atom is 0.285 e. The molecule has 28 heavy (non-hydrogen) atoms. The average molecular weight is 370 g/mol. The van der Waals surface area contributed by atoms with Gasteiger partial charge in [-0.3, -0.25) is 9.59 Å². The van der Waals surface area contributed by atoms with Gasteiger partial charge < -0.3 is 4.98 Å². The highest BCUT2D eigenvalue weighted by molar-refractivity contribution is 5.89. The van der Waals surface area contributed by atoms with Crippen LogP contribution in [0.3, 0.4) is 0 Å². The van der Waals surface area contributed by atoms with Crippen molar-refractivity contribution in [3.05, 3.63) is 87.1 Å². The lowest BCUT2D eigenvalue weighted by atomic mass is 10.2. The summed E-state index contributed by atoms with van der Waals surface area (Å²) in [5.74, 6) is 0.356. The Labute approximate surface area is 157 Å². The molecule has 3 aromatic heterocycles. The summed E-state index contributed by atoms with van der Waals surface area (Å²) < 4.78 is 2.77. The summed E-state index contributed by atoms with van der Waals surface area (Å²) in [4.78, 5) is 28.1. The molecule has 5 aromatic rings. The molecule has 0 aliphatic carbocycles. The highest BCUT2D eigenvalue weighted by Gasteiger charge is 2.18. The summed E-state index contributed by atoms with van der Waals surface area (Å²) in [6.07, 6.45) is 1.49. The Morgan fingerprint density at radius 1 is 0.929 bits per heavy atom. The van der Waals surface area contributed by atoms with Crippen LogP contribution < -0.4 is 11.1 Å². The molecule has 0 atom stereocenters. The lowest BCUT2D eigenvalue weighted by Gasteiger charge is -2.11. The van der Waals surface area contributed by atoms with Gasteiger partial charge in [0.05, 0.1) is 11.2 Å². The highest BCUT2D eigenvalue weighted by atomic mass is 16.1. The second kappa shape index (κ2) is 5.98. The van der Waals surface area contributed by atoms with Crippen LogP contribution >= 0.6 is 0 Å². The van der Waals surface area contributed by atoms with Crippen molar-refractivity contribution in [2.75, 3.05) is 0 Å². The van der Waals surface area contributed by atoms with Crippen molar-refractivity contribution in [1.29, 1.82) is 0 Å². The van der Waals surface area contributed by atoms with Gasteiger partial charge in [0.25, 0.3) is 11.1 Å². The van der Waals surface area contributed by atoms with Gasteiger partial charge in [0.2, 0.25) is 0 Å². The fourth-order valence-corrected chi connectivity index (χ4v) is 3.22. The van der Waals surface area contributed by atoms with Crippen LogP contribution in [-0.4, -0.2) is 29.8 Å². The van der Waals surface area contributed by atoms with Gasteiger partial charge >= 0.3 is 0 Å². The average Bonchev–Trinajstić information content (AvgIpc) is 3.13. The molecule has 0 fully saturated rings. The Kier molecular flexibility index (Phi) is 3.45. The molecule has 0 bridgehead atoms. The summed E-state index contributed by atoms with van der Waals surface area (Å²) in [7, 11) is 0. The third kappa shape index (κ3) is 2.35. The molecule has 2 aromatic carbocycles. The van der Waals surface area contributed by atoms with Crippen LogP contribution in [0.1, 0.15) is 5.56 Å². The highest BCUT2D eigenvalue weighted by Crippen LogP contribution is 2.20. The Hall–Kier alpha value is -4.07. The quantitative estimate of drug-likeness (QED) is 0.513. The molecule has 5 rings (SSSR count). The summed E-state index contributed by atoms with van der Waals surface area (Å²) in [6.45, 7) is 1.96. The minimum Gasteiger partial charge on any atom is -0.328 e. The summed E-state index contributed by atoms with van der Waals surface area (Å²) in [6, 6.07) is 16.4. The van der Waals surface area contributed by atoms with Gasteiger partial charge in [-0.1, -0.05) is 35.0 Å². The maximum atomic E-state index is 13.1. The van der Waals surface area contributed by atoms with Crippen molar-refractivity contribution >= 4 is 21.8 Å². The standard InChI is InChI=1S/C20H14N6O2/c1-12-6-8-13(9-7-12)25-20(28)17-14(10-11-21-19(17)27)18(23-25)26-16-5-3-2-4-15(16)22-24-26/h2-11H,1H3,(H,21,27). The van der Waals surface area contributed by atoms with E-state index in [4.69, 9.17) is 0 Å². The number of nitrogens with zero attached hydrogens (tertiary/aromatic N) is 5. The molecule has 0 aliphatic rings.